The summed E-state index contributed by atoms with van der Waals surface area (Å²) in [5.41, 5.74) is 2.50. The molecule has 4 rings (SSSR count). The summed E-state index contributed by atoms with van der Waals surface area (Å²) in [5.74, 6) is 0. The van der Waals surface area contributed by atoms with Gasteiger partial charge in [0.1, 0.15) is 0 Å². The third-order valence-corrected chi connectivity index (χ3v) is 3.70. The van der Waals surface area contributed by atoms with Crippen LogP contribution in [0.25, 0.3) is 32.7 Å². The maximum absolute atomic E-state index is 3.12. The first-order chi connectivity index (χ1) is 9.90. The second-order valence-electron chi connectivity index (χ2n) is 4.98. The summed E-state index contributed by atoms with van der Waals surface area (Å²) in [5, 5.41) is 4.96. The molecule has 0 nitrogen and oxygen atoms in total. The third-order valence-electron chi connectivity index (χ3n) is 3.70. The van der Waals surface area contributed by atoms with E-state index < -0.39 is 0 Å². The van der Waals surface area contributed by atoms with Crippen LogP contribution >= 0.6 is 0 Å². The summed E-state index contributed by atoms with van der Waals surface area (Å²) in [6, 6.07) is 31.5. The molecule has 0 aliphatic rings. The molecule has 0 spiro atoms. The molecular formula is C20H12K2. The topological polar surface area (TPSA) is 0 Å². The SMILES string of the molecule is [K+].[K+].[c-]1ccc2cc(-c3ccc4c[c-]ccc4c3)ccc2c1. The Labute approximate surface area is 216 Å². The second-order valence-corrected chi connectivity index (χ2v) is 4.98. The van der Waals surface area contributed by atoms with Gasteiger partial charge >= 0.3 is 103 Å². The Bertz CT molecular complexity index is 836. The van der Waals surface area contributed by atoms with Gasteiger partial charge in [-0.15, -0.1) is 33.7 Å². The van der Waals surface area contributed by atoms with Gasteiger partial charge < -0.3 is 0 Å². The van der Waals surface area contributed by atoms with Crippen molar-refractivity contribution in [1.29, 1.82) is 0 Å². The summed E-state index contributed by atoms with van der Waals surface area (Å²) in [7, 11) is 0. The van der Waals surface area contributed by atoms with Gasteiger partial charge in [0.15, 0.2) is 0 Å². The number of benzene rings is 4. The molecule has 0 N–H and O–H groups in total. The van der Waals surface area contributed by atoms with Crippen LogP contribution in [0.5, 0.6) is 0 Å². The van der Waals surface area contributed by atoms with E-state index in [-0.39, 0.29) is 103 Å². The van der Waals surface area contributed by atoms with Gasteiger partial charge in [-0.25, -0.2) is 0 Å². The van der Waals surface area contributed by atoms with E-state index in [1.54, 1.807) is 0 Å². The van der Waals surface area contributed by atoms with Gasteiger partial charge in [0.05, 0.1) is 0 Å². The van der Waals surface area contributed by atoms with Gasteiger partial charge in [-0.05, 0) is 11.1 Å². The van der Waals surface area contributed by atoms with Crippen LogP contribution < -0.4 is 103 Å². The predicted octanol–water partition coefficient (Wildman–Crippen LogP) is -0.732. The molecule has 0 amide bonds. The zero-order valence-corrected chi connectivity index (χ0v) is 19.2. The number of hydrogen-bond acceptors (Lipinski definition) is 0. The second kappa shape index (κ2) is 8.68. The molecule has 2 heteroatoms. The van der Waals surface area contributed by atoms with E-state index in [9.17, 15) is 0 Å². The van der Waals surface area contributed by atoms with E-state index in [0.717, 1.165) is 0 Å². The van der Waals surface area contributed by atoms with E-state index in [0.29, 0.717) is 0 Å². The van der Waals surface area contributed by atoms with Gasteiger partial charge in [0.2, 0.25) is 0 Å². The average Bonchev–Trinajstić information content (AvgIpc) is 2.54. The smallest absolute Gasteiger partial charge is 0.183 e. The molecule has 0 aliphatic heterocycles. The van der Waals surface area contributed by atoms with Crippen LogP contribution in [0, 0.1) is 12.1 Å². The van der Waals surface area contributed by atoms with Crippen LogP contribution in [-0.2, 0) is 0 Å². The quantitative estimate of drug-likeness (QED) is 0.319. The maximum Gasteiger partial charge on any atom is 1.00 e. The zero-order chi connectivity index (χ0) is 13.4. The Hall–Kier alpha value is 0.673. The molecule has 0 aromatic heterocycles. The molecule has 0 radical (unpaired) electrons. The molecule has 0 fully saturated rings. The third kappa shape index (κ3) is 4.01. The fourth-order valence-corrected chi connectivity index (χ4v) is 2.61. The molecule has 4 aromatic rings. The van der Waals surface area contributed by atoms with Crippen LogP contribution in [0.3, 0.4) is 0 Å². The minimum absolute atomic E-state index is 0. The molecule has 0 saturated heterocycles. The van der Waals surface area contributed by atoms with E-state index >= 15 is 0 Å². The van der Waals surface area contributed by atoms with E-state index in [1.165, 1.54) is 32.7 Å². The monoisotopic (exact) mass is 330 g/mol. The number of rotatable bonds is 1. The van der Waals surface area contributed by atoms with Crippen LogP contribution in [0.2, 0.25) is 0 Å². The van der Waals surface area contributed by atoms with Crippen molar-refractivity contribution < 1.29 is 103 Å². The Morgan fingerprint density at radius 3 is 1.41 bits per heavy atom. The first-order valence-electron chi connectivity index (χ1n) is 6.70. The zero-order valence-electron chi connectivity index (χ0n) is 12.9. The van der Waals surface area contributed by atoms with Gasteiger partial charge in [0, 0.05) is 0 Å². The summed E-state index contributed by atoms with van der Waals surface area (Å²) in [6.07, 6.45) is 0. The van der Waals surface area contributed by atoms with Crippen LogP contribution in [-0.4, -0.2) is 0 Å². The Morgan fingerprint density at radius 2 is 0.955 bits per heavy atom. The first-order valence-corrected chi connectivity index (χ1v) is 6.70. The maximum atomic E-state index is 3.12. The van der Waals surface area contributed by atoms with Crippen molar-refractivity contribution >= 4 is 21.5 Å². The van der Waals surface area contributed by atoms with E-state index in [2.05, 4.69) is 60.7 Å². The molecule has 22 heavy (non-hydrogen) atoms. The summed E-state index contributed by atoms with van der Waals surface area (Å²) >= 11 is 0. The summed E-state index contributed by atoms with van der Waals surface area (Å²) < 4.78 is 0. The molecule has 0 saturated carbocycles. The van der Waals surface area contributed by atoms with Gasteiger partial charge in [-0.2, -0.15) is 48.5 Å². The Kier molecular flexibility index (Phi) is 7.49. The van der Waals surface area contributed by atoms with E-state index in [4.69, 9.17) is 0 Å². The number of fused-ring (bicyclic) bond motifs is 2. The minimum atomic E-state index is 0. The minimum Gasteiger partial charge on any atom is -0.183 e. The number of hydrogen-bond donors (Lipinski definition) is 0. The van der Waals surface area contributed by atoms with Crippen LogP contribution in [0.15, 0.2) is 72.8 Å². The van der Waals surface area contributed by atoms with Crippen LogP contribution in [0.1, 0.15) is 0 Å². The van der Waals surface area contributed by atoms with Gasteiger partial charge in [-0.3, -0.25) is 0 Å². The van der Waals surface area contributed by atoms with Crippen LogP contribution in [0.4, 0.5) is 0 Å². The molecule has 0 bridgehead atoms. The molecule has 0 aliphatic carbocycles. The van der Waals surface area contributed by atoms with Gasteiger partial charge in [-0.1, -0.05) is 24.3 Å². The summed E-state index contributed by atoms with van der Waals surface area (Å²) in [4.78, 5) is 0. The fourth-order valence-electron chi connectivity index (χ4n) is 2.61. The van der Waals surface area contributed by atoms with Crippen molar-refractivity contribution in [2.24, 2.45) is 0 Å². The summed E-state index contributed by atoms with van der Waals surface area (Å²) in [6.45, 7) is 0. The van der Waals surface area contributed by atoms with Crippen molar-refractivity contribution in [3.8, 4) is 11.1 Å². The average molecular weight is 331 g/mol. The fraction of sp³-hybridized carbons (Fsp3) is 0. The Morgan fingerprint density at radius 1 is 0.500 bits per heavy atom. The molecule has 4 aromatic carbocycles. The molecule has 0 atom stereocenters. The van der Waals surface area contributed by atoms with Crippen molar-refractivity contribution in [2.75, 3.05) is 0 Å². The molecule has 0 heterocycles. The van der Waals surface area contributed by atoms with Crippen molar-refractivity contribution in [3.63, 3.8) is 0 Å². The predicted molar refractivity (Wildman–Crippen MR) is 84.6 cm³/mol. The first kappa shape index (κ1) is 19.0. The van der Waals surface area contributed by atoms with Gasteiger partial charge in [0.25, 0.3) is 0 Å². The van der Waals surface area contributed by atoms with Crippen molar-refractivity contribution in [1.82, 2.24) is 0 Å². The van der Waals surface area contributed by atoms with Crippen molar-refractivity contribution in [3.05, 3.63) is 84.9 Å². The Balaban J connectivity index is 0.000000882. The normalized spacial score (nSPS) is 10.0. The molecule has 94 valence electrons. The van der Waals surface area contributed by atoms with E-state index in [1.807, 2.05) is 24.3 Å². The molecule has 0 unspecified atom stereocenters. The molecular weight excluding hydrogens is 318 g/mol. The standard InChI is InChI=1S/C20H12.2K/c1-3-7-17-13-19(11-9-15(17)5-1)20-12-10-16-6-2-4-8-18(16)14-20;;/h3-14H;;/q-2;2*+1. The van der Waals surface area contributed by atoms with Crippen molar-refractivity contribution in [2.45, 2.75) is 0 Å². The largest absolute Gasteiger partial charge is 1.00 e.